The molecule has 0 aromatic heterocycles. The van der Waals surface area contributed by atoms with E-state index < -0.39 is 17.5 Å². The van der Waals surface area contributed by atoms with Gasteiger partial charge in [0.1, 0.15) is 0 Å². The molecule has 0 spiro atoms. The molecule has 4 amide bonds. The van der Waals surface area contributed by atoms with E-state index in [-0.39, 0.29) is 37.7 Å². The molecule has 0 aromatic carbocycles. The minimum Gasteiger partial charge on any atom is -0.481 e. The third kappa shape index (κ3) is 5.80. The van der Waals surface area contributed by atoms with Crippen LogP contribution in [0.15, 0.2) is 0 Å². The normalized spacial score (nSPS) is 15.0. The summed E-state index contributed by atoms with van der Waals surface area (Å²) in [5.41, 5.74) is -0.601. The molecule has 1 aliphatic heterocycles. The number of hydrogen-bond acceptors (Lipinski definition) is 4. The first-order chi connectivity index (χ1) is 9.71. The van der Waals surface area contributed by atoms with E-state index in [0.29, 0.717) is 12.8 Å². The molecule has 8 heteroatoms. The van der Waals surface area contributed by atoms with Crippen LogP contribution >= 0.6 is 0 Å². The lowest BCUT2D eigenvalue weighted by Crippen LogP contribution is -2.44. The van der Waals surface area contributed by atoms with Gasteiger partial charge in [-0.05, 0) is 26.7 Å². The molecule has 0 unspecified atom stereocenters. The summed E-state index contributed by atoms with van der Waals surface area (Å²) in [5, 5.41) is 13.8. The zero-order valence-corrected chi connectivity index (χ0v) is 12.3. The van der Waals surface area contributed by atoms with Crippen molar-refractivity contribution < 1.29 is 24.3 Å². The molecule has 21 heavy (non-hydrogen) atoms. The summed E-state index contributed by atoms with van der Waals surface area (Å²) < 4.78 is 0. The predicted octanol–water partition coefficient (Wildman–Crippen LogP) is 0.0780. The Balaban J connectivity index is 2.29. The van der Waals surface area contributed by atoms with E-state index in [1.807, 2.05) is 0 Å². The van der Waals surface area contributed by atoms with Crippen molar-refractivity contribution in [3.05, 3.63) is 0 Å². The summed E-state index contributed by atoms with van der Waals surface area (Å²) in [4.78, 5) is 46.0. The van der Waals surface area contributed by atoms with Crippen LogP contribution in [0.5, 0.6) is 0 Å². The van der Waals surface area contributed by atoms with Gasteiger partial charge in [0.15, 0.2) is 0 Å². The van der Waals surface area contributed by atoms with Gasteiger partial charge in [0, 0.05) is 24.9 Å². The monoisotopic (exact) mass is 299 g/mol. The second kappa shape index (κ2) is 7.05. The second-order valence-electron chi connectivity index (χ2n) is 5.63. The average Bonchev–Trinajstić information content (AvgIpc) is 2.67. The van der Waals surface area contributed by atoms with Crippen LogP contribution in [0.4, 0.5) is 4.79 Å². The number of urea groups is 1. The van der Waals surface area contributed by atoms with Gasteiger partial charge < -0.3 is 15.7 Å². The lowest BCUT2D eigenvalue weighted by molar-refractivity contribution is -0.137. The average molecular weight is 299 g/mol. The molecule has 0 radical (unpaired) electrons. The van der Waals surface area contributed by atoms with Gasteiger partial charge in [-0.25, -0.2) is 4.79 Å². The van der Waals surface area contributed by atoms with Crippen LogP contribution in [0.2, 0.25) is 0 Å². The Kier molecular flexibility index (Phi) is 5.69. The zero-order chi connectivity index (χ0) is 16.0. The molecule has 118 valence electrons. The SMILES string of the molecule is CC(C)(CCC(=O)O)NC(=O)CCCN1C(=O)CNC1=O. The number of amides is 4. The molecule has 1 saturated heterocycles. The fourth-order valence-electron chi connectivity index (χ4n) is 2.00. The van der Waals surface area contributed by atoms with Crippen molar-refractivity contribution in [2.24, 2.45) is 0 Å². The minimum absolute atomic E-state index is 0.00719. The van der Waals surface area contributed by atoms with Crippen molar-refractivity contribution in [2.75, 3.05) is 13.1 Å². The quantitative estimate of drug-likeness (QED) is 0.549. The Morgan fingerprint density at radius 1 is 1.33 bits per heavy atom. The highest BCUT2D eigenvalue weighted by Crippen LogP contribution is 2.12. The van der Waals surface area contributed by atoms with Gasteiger partial charge in [0.25, 0.3) is 0 Å². The first-order valence-corrected chi connectivity index (χ1v) is 6.82. The van der Waals surface area contributed by atoms with Crippen molar-refractivity contribution >= 4 is 23.8 Å². The number of carbonyl (C=O) groups excluding carboxylic acids is 3. The number of hydrogen-bond donors (Lipinski definition) is 3. The Hall–Kier alpha value is -2.12. The van der Waals surface area contributed by atoms with E-state index in [4.69, 9.17) is 5.11 Å². The van der Waals surface area contributed by atoms with Gasteiger partial charge >= 0.3 is 12.0 Å². The maximum absolute atomic E-state index is 11.8. The van der Waals surface area contributed by atoms with Gasteiger partial charge in [-0.15, -0.1) is 0 Å². The molecule has 1 heterocycles. The molecule has 0 bridgehead atoms. The molecule has 0 aliphatic carbocycles. The Morgan fingerprint density at radius 3 is 2.52 bits per heavy atom. The molecule has 1 aliphatic rings. The lowest BCUT2D eigenvalue weighted by Gasteiger charge is -2.25. The van der Waals surface area contributed by atoms with Gasteiger partial charge in [-0.3, -0.25) is 19.3 Å². The van der Waals surface area contributed by atoms with Crippen molar-refractivity contribution in [1.29, 1.82) is 0 Å². The van der Waals surface area contributed by atoms with Gasteiger partial charge in [-0.2, -0.15) is 0 Å². The highest BCUT2D eigenvalue weighted by atomic mass is 16.4. The maximum atomic E-state index is 11.8. The molecule has 8 nitrogen and oxygen atoms in total. The first-order valence-electron chi connectivity index (χ1n) is 6.82. The van der Waals surface area contributed by atoms with Gasteiger partial charge in [0.05, 0.1) is 6.54 Å². The Labute approximate surface area is 122 Å². The van der Waals surface area contributed by atoms with Crippen molar-refractivity contribution in [1.82, 2.24) is 15.5 Å². The summed E-state index contributed by atoms with van der Waals surface area (Å²) in [7, 11) is 0. The zero-order valence-electron chi connectivity index (χ0n) is 12.3. The maximum Gasteiger partial charge on any atom is 0.324 e. The van der Waals surface area contributed by atoms with E-state index in [9.17, 15) is 19.2 Å². The van der Waals surface area contributed by atoms with Crippen LogP contribution in [0.25, 0.3) is 0 Å². The first kappa shape index (κ1) is 16.9. The fraction of sp³-hybridized carbons (Fsp3) is 0.692. The highest BCUT2D eigenvalue weighted by Gasteiger charge is 2.28. The molecule has 0 saturated carbocycles. The standard InChI is InChI=1S/C13H21N3O5/c1-13(2,6-5-11(19)20)15-9(17)4-3-7-16-10(18)8-14-12(16)21/h3-8H2,1-2H3,(H,14,21)(H,15,17)(H,19,20). The molecule has 1 fully saturated rings. The third-order valence-corrected chi connectivity index (χ3v) is 3.16. The number of aliphatic carboxylic acids is 1. The van der Waals surface area contributed by atoms with E-state index in [1.54, 1.807) is 13.8 Å². The van der Waals surface area contributed by atoms with Crippen molar-refractivity contribution in [3.63, 3.8) is 0 Å². The Morgan fingerprint density at radius 2 is 2.00 bits per heavy atom. The molecule has 0 atom stereocenters. The number of carboxylic acid groups (broad SMARTS) is 1. The summed E-state index contributed by atoms with van der Waals surface area (Å²) in [5.74, 6) is -1.42. The number of carbonyl (C=O) groups is 4. The summed E-state index contributed by atoms with van der Waals surface area (Å²) in [6.45, 7) is 3.72. The minimum atomic E-state index is -0.907. The molecule has 0 aromatic rings. The van der Waals surface area contributed by atoms with E-state index >= 15 is 0 Å². The van der Waals surface area contributed by atoms with Crippen LogP contribution in [0.3, 0.4) is 0 Å². The van der Waals surface area contributed by atoms with Crippen LogP contribution in [-0.2, 0) is 14.4 Å². The third-order valence-electron chi connectivity index (χ3n) is 3.16. The smallest absolute Gasteiger partial charge is 0.324 e. The van der Waals surface area contributed by atoms with Crippen LogP contribution in [0, 0.1) is 0 Å². The fourth-order valence-corrected chi connectivity index (χ4v) is 2.00. The van der Waals surface area contributed by atoms with Crippen LogP contribution in [-0.4, -0.2) is 52.4 Å². The van der Waals surface area contributed by atoms with E-state index in [1.165, 1.54) is 0 Å². The van der Waals surface area contributed by atoms with Gasteiger partial charge in [0.2, 0.25) is 11.8 Å². The number of nitrogens with zero attached hydrogens (tertiary/aromatic N) is 1. The van der Waals surface area contributed by atoms with Crippen molar-refractivity contribution in [3.8, 4) is 0 Å². The summed E-state index contributed by atoms with van der Waals surface area (Å²) in [6, 6.07) is -0.429. The second-order valence-corrected chi connectivity index (χ2v) is 5.63. The lowest BCUT2D eigenvalue weighted by atomic mass is 9.98. The van der Waals surface area contributed by atoms with E-state index in [2.05, 4.69) is 10.6 Å². The predicted molar refractivity (Wildman–Crippen MR) is 73.4 cm³/mol. The van der Waals surface area contributed by atoms with E-state index in [0.717, 1.165) is 4.90 Å². The summed E-state index contributed by atoms with van der Waals surface area (Å²) in [6.07, 6.45) is 0.865. The Bertz CT molecular complexity index is 431. The highest BCUT2D eigenvalue weighted by molar-refractivity contribution is 6.01. The van der Waals surface area contributed by atoms with Crippen molar-refractivity contribution in [2.45, 2.75) is 45.1 Å². The molecular formula is C13H21N3O5. The molecular weight excluding hydrogens is 278 g/mol. The largest absolute Gasteiger partial charge is 0.481 e. The number of rotatable bonds is 8. The number of carboxylic acids is 1. The molecule has 1 rings (SSSR count). The molecule has 3 N–H and O–H groups in total. The van der Waals surface area contributed by atoms with Gasteiger partial charge in [-0.1, -0.05) is 0 Å². The summed E-state index contributed by atoms with van der Waals surface area (Å²) >= 11 is 0. The topological polar surface area (TPSA) is 116 Å². The van der Waals surface area contributed by atoms with Crippen LogP contribution in [0.1, 0.15) is 39.5 Å². The van der Waals surface area contributed by atoms with Crippen LogP contribution < -0.4 is 10.6 Å². The number of imide groups is 1. The number of nitrogens with one attached hydrogen (secondary N) is 2.